The largest absolute Gasteiger partial charge is 0.326 e. The third-order valence-electron chi connectivity index (χ3n) is 4.60. The van der Waals surface area contributed by atoms with Crippen LogP contribution in [-0.4, -0.2) is 24.3 Å². The number of nitrogens with one attached hydrogen (secondary N) is 2. The van der Waals surface area contributed by atoms with E-state index in [0.29, 0.717) is 17.9 Å². The van der Waals surface area contributed by atoms with Gasteiger partial charge in [-0.05, 0) is 42.3 Å². The standard InChI is InChI=1S/C21H23N3O3/c1-3-15-7-9-17(10-8-15)23-21(27)16-11-20(26)24(13-16)19-6-4-5-18(12-19)22-14(2)25/h4-10,12,16H,3,11,13H2,1-2H3,(H,22,25)(H,23,27)/t16-/m0/s1. The molecule has 0 spiro atoms. The van der Waals surface area contributed by atoms with Crippen LogP contribution in [0.25, 0.3) is 0 Å². The Kier molecular flexibility index (Phi) is 5.54. The minimum absolute atomic E-state index is 0.101. The molecule has 0 aliphatic carbocycles. The van der Waals surface area contributed by atoms with Gasteiger partial charge in [-0.3, -0.25) is 14.4 Å². The van der Waals surface area contributed by atoms with E-state index in [9.17, 15) is 14.4 Å². The summed E-state index contributed by atoms with van der Waals surface area (Å²) >= 11 is 0. The lowest BCUT2D eigenvalue weighted by atomic mass is 10.1. The predicted molar refractivity (Wildman–Crippen MR) is 106 cm³/mol. The van der Waals surface area contributed by atoms with Crippen molar-refractivity contribution in [3.63, 3.8) is 0 Å². The first-order valence-corrected chi connectivity index (χ1v) is 9.04. The van der Waals surface area contributed by atoms with E-state index in [2.05, 4.69) is 17.6 Å². The van der Waals surface area contributed by atoms with E-state index in [1.165, 1.54) is 12.5 Å². The molecule has 0 radical (unpaired) electrons. The number of aryl methyl sites for hydroxylation is 1. The normalized spacial score (nSPS) is 16.3. The van der Waals surface area contributed by atoms with Crippen molar-refractivity contribution >= 4 is 34.8 Å². The molecular weight excluding hydrogens is 342 g/mol. The first-order valence-electron chi connectivity index (χ1n) is 9.04. The van der Waals surface area contributed by atoms with E-state index in [1.54, 1.807) is 29.2 Å². The number of nitrogens with zero attached hydrogens (tertiary/aromatic N) is 1. The van der Waals surface area contributed by atoms with E-state index >= 15 is 0 Å². The van der Waals surface area contributed by atoms with Crippen LogP contribution in [0.1, 0.15) is 25.8 Å². The Labute approximate surface area is 158 Å². The molecule has 0 unspecified atom stereocenters. The second kappa shape index (κ2) is 8.03. The highest BCUT2D eigenvalue weighted by Gasteiger charge is 2.35. The molecule has 1 fully saturated rings. The third-order valence-corrected chi connectivity index (χ3v) is 4.60. The van der Waals surface area contributed by atoms with Crippen LogP contribution in [0.3, 0.4) is 0 Å². The Morgan fingerprint density at radius 2 is 1.81 bits per heavy atom. The average molecular weight is 365 g/mol. The number of carbonyl (C=O) groups excluding carboxylic acids is 3. The van der Waals surface area contributed by atoms with Crippen molar-refractivity contribution < 1.29 is 14.4 Å². The summed E-state index contributed by atoms with van der Waals surface area (Å²) in [7, 11) is 0. The number of carbonyl (C=O) groups is 3. The molecule has 2 aromatic rings. The minimum atomic E-state index is -0.409. The third kappa shape index (κ3) is 4.53. The summed E-state index contributed by atoms with van der Waals surface area (Å²) < 4.78 is 0. The Morgan fingerprint density at radius 1 is 1.07 bits per heavy atom. The van der Waals surface area contributed by atoms with E-state index in [1.807, 2.05) is 24.3 Å². The van der Waals surface area contributed by atoms with Crippen LogP contribution in [0, 0.1) is 5.92 Å². The van der Waals surface area contributed by atoms with Gasteiger partial charge in [0.2, 0.25) is 17.7 Å². The van der Waals surface area contributed by atoms with Gasteiger partial charge in [-0.15, -0.1) is 0 Å². The smallest absolute Gasteiger partial charge is 0.229 e. The van der Waals surface area contributed by atoms with Gasteiger partial charge in [0.1, 0.15) is 0 Å². The van der Waals surface area contributed by atoms with Crippen LogP contribution in [-0.2, 0) is 20.8 Å². The number of rotatable bonds is 5. The maximum absolute atomic E-state index is 12.6. The van der Waals surface area contributed by atoms with Gasteiger partial charge in [0.05, 0.1) is 5.92 Å². The SMILES string of the molecule is CCc1ccc(NC(=O)[C@H]2CC(=O)N(c3cccc(NC(C)=O)c3)C2)cc1. The first kappa shape index (κ1) is 18.6. The lowest BCUT2D eigenvalue weighted by molar-refractivity contribution is -0.122. The molecule has 1 atom stereocenters. The lowest BCUT2D eigenvalue weighted by Crippen LogP contribution is -2.28. The quantitative estimate of drug-likeness (QED) is 0.854. The van der Waals surface area contributed by atoms with E-state index < -0.39 is 5.92 Å². The number of amides is 3. The monoisotopic (exact) mass is 365 g/mol. The Hall–Kier alpha value is -3.15. The molecular formula is C21H23N3O3. The molecule has 6 heteroatoms. The Morgan fingerprint density at radius 3 is 2.48 bits per heavy atom. The molecule has 1 aliphatic rings. The number of hydrogen-bond donors (Lipinski definition) is 2. The lowest BCUT2D eigenvalue weighted by Gasteiger charge is -2.18. The molecule has 1 heterocycles. The number of benzene rings is 2. The van der Waals surface area contributed by atoms with Crippen molar-refractivity contribution in [2.24, 2.45) is 5.92 Å². The van der Waals surface area contributed by atoms with Crippen molar-refractivity contribution in [1.29, 1.82) is 0 Å². The summed E-state index contributed by atoms with van der Waals surface area (Å²) in [6.45, 7) is 3.83. The topological polar surface area (TPSA) is 78.5 Å². The van der Waals surface area contributed by atoms with Gasteiger partial charge in [0, 0.05) is 37.0 Å². The Bertz CT molecular complexity index is 861. The molecule has 1 aliphatic heterocycles. The van der Waals surface area contributed by atoms with Crippen LogP contribution in [0.5, 0.6) is 0 Å². The summed E-state index contributed by atoms with van der Waals surface area (Å²) in [6, 6.07) is 14.8. The molecule has 3 amide bonds. The van der Waals surface area contributed by atoms with Gasteiger partial charge in [-0.1, -0.05) is 25.1 Å². The highest BCUT2D eigenvalue weighted by molar-refractivity contribution is 6.04. The van der Waals surface area contributed by atoms with E-state index in [4.69, 9.17) is 0 Å². The molecule has 0 aromatic heterocycles. The second-order valence-corrected chi connectivity index (χ2v) is 6.68. The van der Waals surface area contributed by atoms with Crippen molar-refractivity contribution in [2.45, 2.75) is 26.7 Å². The summed E-state index contributed by atoms with van der Waals surface area (Å²) in [5, 5.41) is 5.59. The van der Waals surface area contributed by atoms with Crippen molar-refractivity contribution in [3.8, 4) is 0 Å². The average Bonchev–Trinajstić information content (AvgIpc) is 3.04. The fourth-order valence-electron chi connectivity index (χ4n) is 3.16. The van der Waals surface area contributed by atoms with Gasteiger partial charge in [-0.25, -0.2) is 0 Å². The fraction of sp³-hybridized carbons (Fsp3) is 0.286. The maximum Gasteiger partial charge on any atom is 0.229 e. The first-order chi connectivity index (χ1) is 13.0. The maximum atomic E-state index is 12.6. The zero-order chi connectivity index (χ0) is 19.4. The van der Waals surface area contributed by atoms with E-state index in [-0.39, 0.29) is 24.1 Å². The molecule has 2 N–H and O–H groups in total. The van der Waals surface area contributed by atoms with Crippen LogP contribution >= 0.6 is 0 Å². The molecule has 0 saturated carbocycles. The van der Waals surface area contributed by atoms with Crippen LogP contribution < -0.4 is 15.5 Å². The molecule has 3 rings (SSSR count). The number of hydrogen-bond acceptors (Lipinski definition) is 3. The van der Waals surface area contributed by atoms with Gasteiger partial charge in [0.25, 0.3) is 0 Å². The molecule has 0 bridgehead atoms. The molecule has 2 aromatic carbocycles. The van der Waals surface area contributed by atoms with Crippen molar-refractivity contribution in [1.82, 2.24) is 0 Å². The fourth-order valence-corrected chi connectivity index (χ4v) is 3.16. The molecule has 140 valence electrons. The minimum Gasteiger partial charge on any atom is -0.326 e. The van der Waals surface area contributed by atoms with Crippen molar-refractivity contribution in [3.05, 3.63) is 54.1 Å². The molecule has 6 nitrogen and oxygen atoms in total. The van der Waals surface area contributed by atoms with Gasteiger partial charge in [0.15, 0.2) is 0 Å². The second-order valence-electron chi connectivity index (χ2n) is 6.68. The zero-order valence-electron chi connectivity index (χ0n) is 15.5. The summed E-state index contributed by atoms with van der Waals surface area (Å²) in [5.41, 5.74) is 3.23. The van der Waals surface area contributed by atoms with E-state index in [0.717, 1.165) is 12.1 Å². The van der Waals surface area contributed by atoms with Crippen LogP contribution in [0.4, 0.5) is 17.1 Å². The number of anilines is 3. The van der Waals surface area contributed by atoms with Gasteiger partial charge < -0.3 is 15.5 Å². The van der Waals surface area contributed by atoms with Gasteiger partial charge in [-0.2, -0.15) is 0 Å². The molecule has 1 saturated heterocycles. The van der Waals surface area contributed by atoms with Crippen LogP contribution in [0.2, 0.25) is 0 Å². The highest BCUT2D eigenvalue weighted by atomic mass is 16.2. The Balaban J connectivity index is 1.67. The van der Waals surface area contributed by atoms with Crippen LogP contribution in [0.15, 0.2) is 48.5 Å². The van der Waals surface area contributed by atoms with Gasteiger partial charge >= 0.3 is 0 Å². The van der Waals surface area contributed by atoms with Crippen molar-refractivity contribution in [2.75, 3.05) is 22.1 Å². The zero-order valence-corrected chi connectivity index (χ0v) is 15.5. The molecule has 27 heavy (non-hydrogen) atoms. The summed E-state index contributed by atoms with van der Waals surface area (Å²) in [4.78, 5) is 37.8. The highest BCUT2D eigenvalue weighted by Crippen LogP contribution is 2.28. The summed E-state index contributed by atoms with van der Waals surface area (Å²) in [6.07, 6.45) is 1.11. The summed E-state index contributed by atoms with van der Waals surface area (Å²) in [5.74, 6) is -0.844. The predicted octanol–water partition coefficient (Wildman–Crippen LogP) is 3.20.